The van der Waals surface area contributed by atoms with Gasteiger partial charge in [-0.15, -0.1) is 4.48 Å². The monoisotopic (exact) mass is 426 g/mol. The van der Waals surface area contributed by atoms with E-state index in [2.05, 4.69) is 5.32 Å². The molecule has 8 nitrogen and oxygen atoms in total. The van der Waals surface area contributed by atoms with Gasteiger partial charge in [0.05, 0.1) is 4.92 Å². The number of benzene rings is 2. The van der Waals surface area contributed by atoms with E-state index in [4.69, 9.17) is 0 Å². The predicted molar refractivity (Wildman–Crippen MR) is 118 cm³/mol. The molecule has 0 bridgehead atoms. The number of phenols is 1. The number of rotatable bonds is 3. The van der Waals surface area contributed by atoms with Crippen LogP contribution in [0.4, 0.5) is 21.9 Å². The Morgan fingerprint density at radius 3 is 1.77 bits per heavy atom. The molecule has 0 radical (unpaired) electrons. The van der Waals surface area contributed by atoms with Gasteiger partial charge >= 0.3 is 11.9 Å². The van der Waals surface area contributed by atoms with E-state index in [-0.39, 0.29) is 18.0 Å². The molecule has 8 heteroatoms. The summed E-state index contributed by atoms with van der Waals surface area (Å²) in [5.74, 6) is -0.262. The number of nitrogens with one attached hydrogen (secondary N) is 1. The molecule has 1 atom stereocenters. The van der Waals surface area contributed by atoms with Gasteiger partial charge in [0.1, 0.15) is 12.3 Å². The van der Waals surface area contributed by atoms with E-state index in [0.29, 0.717) is 22.5 Å². The Labute approximate surface area is 181 Å². The molecule has 3 rings (SSSR count). The summed E-state index contributed by atoms with van der Waals surface area (Å²) in [6.45, 7) is 11.5. The van der Waals surface area contributed by atoms with Crippen LogP contribution in [0.15, 0.2) is 36.4 Å². The summed E-state index contributed by atoms with van der Waals surface area (Å²) in [7, 11) is 0. The molecule has 31 heavy (non-hydrogen) atoms. The molecule has 1 fully saturated rings. The van der Waals surface area contributed by atoms with E-state index in [0.717, 1.165) is 0 Å². The number of phenolic OH excluding ortho intramolecular Hbond substituents is 1. The number of carbonyl (C=O) groups is 2. The minimum atomic E-state index is -0.746. The molecule has 1 saturated heterocycles. The lowest BCUT2D eigenvalue weighted by Gasteiger charge is -2.32. The third-order valence-corrected chi connectivity index (χ3v) is 5.62. The molecule has 2 aromatic carbocycles. The Kier molecular flexibility index (Phi) is 5.18. The van der Waals surface area contributed by atoms with Crippen LogP contribution in [0.1, 0.15) is 52.7 Å². The maximum Gasteiger partial charge on any atom is 0.435 e. The second-order valence-electron chi connectivity index (χ2n) is 9.89. The summed E-state index contributed by atoms with van der Waals surface area (Å²) < 4.78 is -0.746. The largest absolute Gasteiger partial charge is 0.507 e. The maximum atomic E-state index is 13.2. The topological polar surface area (TPSA) is 110 Å². The van der Waals surface area contributed by atoms with Gasteiger partial charge in [-0.2, -0.15) is 0 Å². The quantitative estimate of drug-likeness (QED) is 0.318. The molecule has 2 N–H and O–H groups in total. The third-order valence-electron chi connectivity index (χ3n) is 5.62. The van der Waals surface area contributed by atoms with Crippen LogP contribution in [0.25, 0.3) is 0 Å². The lowest BCUT2D eigenvalue weighted by atomic mass is 9.79. The average Bonchev–Trinajstić information content (AvgIpc) is 2.95. The van der Waals surface area contributed by atoms with Crippen LogP contribution in [-0.4, -0.2) is 28.5 Å². The van der Waals surface area contributed by atoms with Crippen LogP contribution < -0.4 is 9.80 Å². The van der Waals surface area contributed by atoms with Gasteiger partial charge < -0.3 is 5.11 Å². The van der Waals surface area contributed by atoms with Gasteiger partial charge in [0.25, 0.3) is 5.69 Å². The van der Waals surface area contributed by atoms with Crippen molar-refractivity contribution in [1.82, 2.24) is 9.80 Å². The number of aromatic hydroxyl groups is 1. The molecule has 164 valence electrons. The van der Waals surface area contributed by atoms with Crippen molar-refractivity contribution < 1.29 is 19.6 Å². The van der Waals surface area contributed by atoms with Crippen molar-refractivity contribution in [1.29, 1.82) is 0 Å². The van der Waals surface area contributed by atoms with Gasteiger partial charge in [0.15, 0.2) is 11.4 Å². The van der Waals surface area contributed by atoms with Crippen LogP contribution in [0.2, 0.25) is 0 Å². The molecule has 0 aromatic heterocycles. The van der Waals surface area contributed by atoms with Crippen LogP contribution in [0, 0.1) is 10.1 Å². The van der Waals surface area contributed by atoms with Gasteiger partial charge in [-0.1, -0.05) is 41.5 Å². The normalized spacial score (nSPS) is 19.4. The number of amides is 3. The second kappa shape index (κ2) is 7.16. The SMILES string of the molecule is CC(C)(C)c1cc([N+]2(c3ccc([N+](=O)[O-])cc3)C(=O)CNC2=O)cc(C(C)(C)C)c1O. The first-order valence-electron chi connectivity index (χ1n) is 10.0. The van der Waals surface area contributed by atoms with Gasteiger partial charge in [-0.25, -0.2) is 9.59 Å². The summed E-state index contributed by atoms with van der Waals surface area (Å²) in [5.41, 5.74) is 0.865. The zero-order valence-corrected chi connectivity index (χ0v) is 18.6. The fourth-order valence-electron chi connectivity index (χ4n) is 3.93. The van der Waals surface area contributed by atoms with E-state index in [1.54, 1.807) is 12.1 Å². The predicted octanol–water partition coefficient (Wildman–Crippen LogP) is 4.78. The van der Waals surface area contributed by atoms with E-state index in [9.17, 15) is 24.8 Å². The van der Waals surface area contributed by atoms with E-state index in [1.807, 2.05) is 41.5 Å². The number of hydrogen-bond donors (Lipinski definition) is 2. The number of carbonyl (C=O) groups excluding carboxylic acids is 2. The first kappa shape index (κ1) is 22.4. The van der Waals surface area contributed by atoms with Crippen molar-refractivity contribution in [2.24, 2.45) is 0 Å². The highest BCUT2D eigenvalue weighted by Crippen LogP contribution is 2.46. The van der Waals surface area contributed by atoms with Gasteiger partial charge in [0.2, 0.25) is 0 Å². The minimum Gasteiger partial charge on any atom is -0.507 e. The summed E-state index contributed by atoms with van der Waals surface area (Å²) in [4.78, 5) is 37.0. The smallest absolute Gasteiger partial charge is 0.435 e. The number of nitro groups is 1. The Hall–Kier alpha value is -3.26. The first-order chi connectivity index (χ1) is 14.2. The molecular weight excluding hydrogens is 398 g/mol. The summed E-state index contributed by atoms with van der Waals surface area (Å²) in [6, 6.07) is 8.27. The Morgan fingerprint density at radius 2 is 1.42 bits per heavy atom. The Bertz CT molecular complexity index is 1020. The maximum absolute atomic E-state index is 13.2. The number of urea groups is 1. The van der Waals surface area contributed by atoms with Crippen LogP contribution in [0.3, 0.4) is 0 Å². The van der Waals surface area contributed by atoms with E-state index < -0.39 is 32.2 Å². The van der Waals surface area contributed by atoms with E-state index >= 15 is 0 Å². The molecule has 0 aliphatic carbocycles. The number of hydrogen-bond acceptors (Lipinski definition) is 5. The van der Waals surface area contributed by atoms with E-state index in [1.165, 1.54) is 24.3 Å². The van der Waals surface area contributed by atoms with Gasteiger partial charge in [-0.3, -0.25) is 15.4 Å². The highest BCUT2D eigenvalue weighted by Gasteiger charge is 2.55. The van der Waals surface area contributed by atoms with Crippen molar-refractivity contribution in [3.63, 3.8) is 0 Å². The number of quaternary nitrogens is 1. The summed E-state index contributed by atoms with van der Waals surface area (Å²) >= 11 is 0. The average molecular weight is 426 g/mol. The standard InChI is InChI=1S/C23H27N3O5/c1-22(2,3)17-11-16(12-18(20(17)28)23(4,5)6)26(19(27)13-24-21(26)29)15-9-7-14(8-10-15)25(30)31/h7-12H,13H2,1-6H3,(H-,24,28,29)/p+1. The van der Waals surface area contributed by atoms with Crippen LogP contribution in [-0.2, 0) is 15.6 Å². The fourth-order valence-corrected chi connectivity index (χ4v) is 3.93. The zero-order chi connectivity index (χ0) is 23.4. The number of non-ortho nitro benzene ring substituents is 1. The van der Waals surface area contributed by atoms with Crippen LogP contribution >= 0.6 is 0 Å². The highest BCUT2D eigenvalue weighted by atomic mass is 16.6. The Morgan fingerprint density at radius 1 is 0.935 bits per heavy atom. The molecule has 1 aliphatic rings. The summed E-state index contributed by atoms with van der Waals surface area (Å²) in [6.07, 6.45) is 0. The van der Waals surface area contributed by atoms with Crippen LogP contribution in [0.5, 0.6) is 5.75 Å². The number of nitrogens with zero attached hydrogens (tertiary/aromatic N) is 2. The third kappa shape index (κ3) is 3.57. The lowest BCUT2D eigenvalue weighted by molar-refractivity contribution is -0.384. The lowest BCUT2D eigenvalue weighted by Crippen LogP contribution is -2.50. The van der Waals surface area contributed by atoms with Crippen molar-refractivity contribution in [3.8, 4) is 5.75 Å². The van der Waals surface area contributed by atoms with Gasteiger partial charge in [0, 0.05) is 47.5 Å². The molecule has 1 aliphatic heterocycles. The van der Waals surface area contributed by atoms with Gasteiger partial charge in [-0.05, 0) is 10.8 Å². The molecular formula is C23H28N3O5+. The first-order valence-corrected chi connectivity index (χ1v) is 10.0. The number of imide groups is 1. The molecule has 0 spiro atoms. The van der Waals surface area contributed by atoms with Crippen molar-refractivity contribution in [2.45, 2.75) is 52.4 Å². The van der Waals surface area contributed by atoms with Crippen molar-refractivity contribution in [2.75, 3.05) is 6.54 Å². The molecule has 0 saturated carbocycles. The zero-order valence-electron chi connectivity index (χ0n) is 18.6. The fraction of sp³-hybridized carbons (Fsp3) is 0.391. The Balaban J connectivity index is 2.40. The summed E-state index contributed by atoms with van der Waals surface area (Å²) in [5, 5.41) is 24.7. The highest BCUT2D eigenvalue weighted by molar-refractivity contribution is 6.19. The molecule has 3 amide bonds. The van der Waals surface area contributed by atoms with Crippen molar-refractivity contribution in [3.05, 3.63) is 57.6 Å². The second-order valence-corrected chi connectivity index (χ2v) is 9.89. The molecule has 1 unspecified atom stereocenters. The van der Waals surface area contributed by atoms with Crippen molar-refractivity contribution >= 4 is 29.0 Å². The minimum absolute atomic E-state index is 0.134. The molecule has 2 aromatic rings. The molecule has 1 heterocycles. The number of nitro benzene ring substituents is 1.